The Morgan fingerprint density at radius 3 is 1.13 bits per heavy atom. The van der Waals surface area contributed by atoms with Gasteiger partial charge in [0.05, 0.1) is 0 Å². The summed E-state index contributed by atoms with van der Waals surface area (Å²) in [6.07, 6.45) is 83.1. The van der Waals surface area contributed by atoms with Crippen molar-refractivity contribution >= 4 is 17.9 Å². The Bertz CT molecular complexity index is 1700. The van der Waals surface area contributed by atoms with E-state index in [0.717, 1.165) is 116 Å². The zero-order valence-electron chi connectivity index (χ0n) is 43.2. The van der Waals surface area contributed by atoms with E-state index in [1.165, 1.54) is 6.42 Å². The average molecular weight is 945 g/mol. The predicted octanol–water partition coefficient (Wildman–Crippen LogP) is 17.7. The Morgan fingerprint density at radius 1 is 0.319 bits per heavy atom. The molecule has 0 amide bonds. The number of unbranched alkanes of at least 4 members (excludes halogenated alkanes) is 7. The Balaban J connectivity index is 4.69. The molecule has 1 atom stereocenters. The lowest BCUT2D eigenvalue weighted by Crippen LogP contribution is -2.30. The molecular weight excluding hydrogens is 853 g/mol. The monoisotopic (exact) mass is 945 g/mol. The second-order valence-corrected chi connectivity index (χ2v) is 16.4. The first-order chi connectivity index (χ1) is 34.0. The summed E-state index contributed by atoms with van der Waals surface area (Å²) in [5.41, 5.74) is 0. The Labute approximate surface area is 421 Å². The van der Waals surface area contributed by atoms with Gasteiger partial charge in [0.15, 0.2) is 6.10 Å². The van der Waals surface area contributed by atoms with Gasteiger partial charge in [0.2, 0.25) is 0 Å². The molecule has 0 aliphatic heterocycles. The van der Waals surface area contributed by atoms with Crippen molar-refractivity contribution in [1.29, 1.82) is 0 Å². The van der Waals surface area contributed by atoms with E-state index in [2.05, 4.69) is 154 Å². The first-order valence-corrected chi connectivity index (χ1v) is 26.4. The average Bonchev–Trinajstić information content (AvgIpc) is 3.35. The van der Waals surface area contributed by atoms with E-state index >= 15 is 0 Å². The molecule has 0 spiro atoms. The van der Waals surface area contributed by atoms with Gasteiger partial charge in [0.1, 0.15) is 13.2 Å². The summed E-state index contributed by atoms with van der Waals surface area (Å²) >= 11 is 0. The number of rotatable bonds is 44. The highest BCUT2D eigenvalue weighted by molar-refractivity contribution is 5.71. The maximum atomic E-state index is 12.8. The summed E-state index contributed by atoms with van der Waals surface area (Å²) in [5, 5.41) is 0. The first kappa shape index (κ1) is 63.5. The number of ether oxygens (including phenoxy) is 3. The molecule has 69 heavy (non-hydrogen) atoms. The molecule has 0 bridgehead atoms. The molecule has 0 aliphatic carbocycles. The highest BCUT2D eigenvalue weighted by Gasteiger charge is 2.19. The molecule has 0 saturated heterocycles. The topological polar surface area (TPSA) is 78.9 Å². The van der Waals surface area contributed by atoms with E-state index in [-0.39, 0.29) is 38.0 Å². The summed E-state index contributed by atoms with van der Waals surface area (Å²) in [5.74, 6) is -1.13. The Kier molecular flexibility index (Phi) is 50.7. The van der Waals surface area contributed by atoms with Crippen molar-refractivity contribution < 1.29 is 28.6 Å². The van der Waals surface area contributed by atoms with Crippen LogP contribution in [0.3, 0.4) is 0 Å². The Hall–Kier alpha value is -5.49. The van der Waals surface area contributed by atoms with Gasteiger partial charge in [-0.3, -0.25) is 14.4 Å². The van der Waals surface area contributed by atoms with Gasteiger partial charge in [-0.1, -0.05) is 229 Å². The van der Waals surface area contributed by atoms with Gasteiger partial charge in [-0.15, -0.1) is 0 Å². The molecule has 0 heterocycles. The highest BCUT2D eigenvalue weighted by atomic mass is 16.6. The SMILES string of the molecule is CC/C=C\C/C=C\C/C=C\C/C=C\C/C=C\CCCC(=O)OC(COC(=O)CC/C=C\C/C=C\C/C=C\C/C=C\C/C=C\CC)COC(=O)CCCCCCC\C=C/C=C\C=C/C=C\C=C/CCC. The van der Waals surface area contributed by atoms with Crippen LogP contribution in [-0.2, 0) is 28.6 Å². The van der Waals surface area contributed by atoms with E-state index in [1.54, 1.807) is 0 Å². The van der Waals surface area contributed by atoms with Gasteiger partial charge >= 0.3 is 17.9 Å². The van der Waals surface area contributed by atoms with Gasteiger partial charge in [0, 0.05) is 19.3 Å². The number of carbonyl (C=O) groups excluding carboxylic acids is 3. The van der Waals surface area contributed by atoms with Crippen molar-refractivity contribution in [2.45, 2.75) is 181 Å². The molecule has 0 aromatic heterocycles. The largest absolute Gasteiger partial charge is 0.462 e. The van der Waals surface area contributed by atoms with Crippen LogP contribution in [0.25, 0.3) is 0 Å². The van der Waals surface area contributed by atoms with Crippen LogP contribution in [0.1, 0.15) is 175 Å². The standard InChI is InChI=1S/C63H92O6/c1-4-7-10-13-16-19-22-25-28-31-33-35-38-41-44-47-50-53-56-62(65)68-59-60(58-67-61(64)55-52-49-46-43-40-37-34-30-27-24-21-18-15-12-9-6-3)69-63(66)57-54-51-48-45-42-39-36-32-29-26-23-20-17-14-11-8-5-2/h8-13,16-22,25-31,33,35-37,39-40,45-46,48-49,60H,4-7,14-15,23-24,32,34,38,41-44,47,50-59H2,1-3H3/b11-8-,12-9-,13-10-,19-16-,20-17-,21-18-,25-22-,29-26-,30-27-,31-28-,35-33-,39-36-,40-37-,48-45-,49-46-. The van der Waals surface area contributed by atoms with Crippen molar-refractivity contribution in [3.8, 4) is 0 Å². The fourth-order valence-electron chi connectivity index (χ4n) is 6.14. The smallest absolute Gasteiger partial charge is 0.306 e. The highest BCUT2D eigenvalue weighted by Crippen LogP contribution is 2.10. The van der Waals surface area contributed by atoms with Crippen LogP contribution < -0.4 is 0 Å². The van der Waals surface area contributed by atoms with Crippen molar-refractivity contribution in [1.82, 2.24) is 0 Å². The minimum Gasteiger partial charge on any atom is -0.462 e. The maximum absolute atomic E-state index is 12.8. The van der Waals surface area contributed by atoms with E-state index < -0.39 is 12.1 Å². The van der Waals surface area contributed by atoms with Crippen molar-refractivity contribution in [2.24, 2.45) is 0 Å². The van der Waals surface area contributed by atoms with E-state index in [0.29, 0.717) is 19.3 Å². The zero-order chi connectivity index (χ0) is 50.0. The molecule has 0 radical (unpaired) electrons. The van der Waals surface area contributed by atoms with Crippen molar-refractivity contribution in [3.05, 3.63) is 182 Å². The lowest BCUT2D eigenvalue weighted by atomic mass is 10.1. The number of hydrogen-bond donors (Lipinski definition) is 0. The lowest BCUT2D eigenvalue weighted by molar-refractivity contribution is -0.166. The third-order valence-electron chi connectivity index (χ3n) is 10.00. The van der Waals surface area contributed by atoms with Gasteiger partial charge in [-0.2, -0.15) is 0 Å². The molecular formula is C63H92O6. The quantitative estimate of drug-likeness (QED) is 0.0199. The number of carbonyl (C=O) groups is 3. The first-order valence-electron chi connectivity index (χ1n) is 26.4. The molecule has 1 unspecified atom stereocenters. The minimum atomic E-state index is -0.860. The molecule has 6 nitrogen and oxygen atoms in total. The molecule has 0 N–H and O–H groups in total. The molecule has 0 aromatic carbocycles. The summed E-state index contributed by atoms with van der Waals surface area (Å²) in [6.45, 7) is 6.15. The zero-order valence-corrected chi connectivity index (χ0v) is 43.2. The molecule has 380 valence electrons. The second kappa shape index (κ2) is 55.1. The van der Waals surface area contributed by atoms with Gasteiger partial charge < -0.3 is 14.2 Å². The van der Waals surface area contributed by atoms with Crippen LogP contribution in [0.15, 0.2) is 182 Å². The number of hydrogen-bond acceptors (Lipinski definition) is 6. The fraction of sp³-hybridized carbons (Fsp3) is 0.476. The van der Waals surface area contributed by atoms with Crippen LogP contribution in [0.4, 0.5) is 0 Å². The molecule has 6 heteroatoms. The van der Waals surface area contributed by atoms with E-state index in [1.807, 2.05) is 48.6 Å². The predicted molar refractivity (Wildman–Crippen MR) is 297 cm³/mol. The van der Waals surface area contributed by atoms with Crippen molar-refractivity contribution in [2.75, 3.05) is 13.2 Å². The summed E-state index contributed by atoms with van der Waals surface area (Å²) in [4.78, 5) is 38.0. The summed E-state index contributed by atoms with van der Waals surface area (Å²) in [6, 6.07) is 0. The van der Waals surface area contributed by atoms with Crippen LogP contribution in [0.5, 0.6) is 0 Å². The lowest BCUT2D eigenvalue weighted by Gasteiger charge is -2.18. The van der Waals surface area contributed by atoms with Gasteiger partial charge in [-0.05, 0) is 109 Å². The number of esters is 3. The maximum Gasteiger partial charge on any atom is 0.306 e. The molecule has 0 aliphatic rings. The minimum absolute atomic E-state index is 0.148. The summed E-state index contributed by atoms with van der Waals surface area (Å²) < 4.78 is 16.7. The normalized spacial score (nSPS) is 13.6. The molecule has 0 saturated carbocycles. The van der Waals surface area contributed by atoms with E-state index in [9.17, 15) is 14.4 Å². The van der Waals surface area contributed by atoms with Crippen LogP contribution in [0.2, 0.25) is 0 Å². The second-order valence-electron chi connectivity index (χ2n) is 16.4. The van der Waals surface area contributed by atoms with Crippen molar-refractivity contribution in [3.63, 3.8) is 0 Å². The Morgan fingerprint density at radius 2 is 0.667 bits per heavy atom. The van der Waals surface area contributed by atoms with Crippen LogP contribution in [-0.4, -0.2) is 37.2 Å². The number of allylic oxidation sites excluding steroid dienone is 30. The molecule has 0 rings (SSSR count). The summed E-state index contributed by atoms with van der Waals surface area (Å²) in [7, 11) is 0. The van der Waals surface area contributed by atoms with Crippen LogP contribution >= 0.6 is 0 Å². The molecule has 0 aromatic rings. The third-order valence-corrected chi connectivity index (χ3v) is 10.00. The van der Waals surface area contributed by atoms with Crippen LogP contribution in [0, 0.1) is 0 Å². The fourth-order valence-corrected chi connectivity index (χ4v) is 6.14. The van der Waals surface area contributed by atoms with Gasteiger partial charge in [-0.25, -0.2) is 0 Å². The molecule has 0 fully saturated rings. The van der Waals surface area contributed by atoms with Gasteiger partial charge in [0.25, 0.3) is 0 Å². The van der Waals surface area contributed by atoms with E-state index in [4.69, 9.17) is 14.2 Å². The third kappa shape index (κ3) is 53.3.